The molecule has 0 saturated heterocycles. The van der Waals surface area contributed by atoms with Gasteiger partial charge in [-0.05, 0) is 31.8 Å². The summed E-state index contributed by atoms with van der Waals surface area (Å²) in [5, 5.41) is 19.2. The molecule has 5 nitrogen and oxygen atoms in total. The van der Waals surface area contributed by atoms with Gasteiger partial charge < -0.3 is 19.8 Å². The molecule has 0 aliphatic heterocycles. The fraction of sp³-hybridized carbons (Fsp3) is 0.417. The Labute approximate surface area is 104 Å². The largest absolute Gasteiger partial charge is 0.505 e. The first kappa shape index (κ1) is 14.4. The molecular weight excluding hydrogens is 241 g/mol. The minimum absolute atomic E-state index is 0.196. The van der Waals surface area contributed by atoms with Crippen LogP contribution in [0, 0.1) is 5.82 Å². The Hall–Kier alpha value is -1.66. The van der Waals surface area contributed by atoms with E-state index in [9.17, 15) is 19.4 Å². The highest BCUT2D eigenvalue weighted by atomic mass is 19.1. The smallest absolute Gasteiger partial charge is 0.339 e. The van der Waals surface area contributed by atoms with Gasteiger partial charge in [0, 0.05) is 12.1 Å². The Morgan fingerprint density at radius 2 is 2.11 bits per heavy atom. The number of ether oxygens (including phenoxy) is 1. The third-order valence-corrected chi connectivity index (χ3v) is 2.37. The Bertz CT molecular complexity index is 448. The third kappa shape index (κ3) is 3.18. The molecule has 0 saturated carbocycles. The van der Waals surface area contributed by atoms with Crippen LogP contribution in [-0.4, -0.2) is 42.3 Å². The van der Waals surface area contributed by atoms with Crippen LogP contribution in [0.3, 0.4) is 0 Å². The summed E-state index contributed by atoms with van der Waals surface area (Å²) in [6.07, 6.45) is -1.70. The molecule has 0 radical (unpaired) electrons. The number of carbonyl (C=O) groups excluding carboxylic acids is 1. The number of nitrogens with zero attached hydrogens (tertiary/aromatic N) is 1. The average Bonchev–Trinajstić information content (AvgIpc) is 2.30. The number of hydrogen-bond acceptors (Lipinski definition) is 5. The van der Waals surface area contributed by atoms with Gasteiger partial charge in [-0.15, -0.1) is 0 Å². The number of rotatable bonds is 4. The maximum atomic E-state index is 13.5. The summed E-state index contributed by atoms with van der Waals surface area (Å²) in [6.45, 7) is 0.415. The van der Waals surface area contributed by atoms with Crippen LogP contribution >= 0.6 is 0 Å². The lowest BCUT2D eigenvalue weighted by Crippen LogP contribution is -2.16. The van der Waals surface area contributed by atoms with E-state index < -0.39 is 23.6 Å². The molecule has 1 rings (SSSR count). The Balaban J connectivity index is 3.17. The van der Waals surface area contributed by atoms with E-state index >= 15 is 0 Å². The number of hydrogen-bond donors (Lipinski definition) is 2. The van der Waals surface area contributed by atoms with Gasteiger partial charge >= 0.3 is 5.97 Å². The predicted octanol–water partition coefficient (Wildman–Crippen LogP) is 0.799. The van der Waals surface area contributed by atoms with Gasteiger partial charge in [0.1, 0.15) is 0 Å². The first-order valence-electron chi connectivity index (χ1n) is 5.28. The lowest BCUT2D eigenvalue weighted by molar-refractivity contribution is -0.150. The molecule has 1 atom stereocenters. The molecule has 0 aliphatic carbocycles. The standard InChI is InChI=1S/C12H16FNO4/c1-14(2)6-7-4-8(10(15)9(13)5-7)11(16)12(17)18-3/h4-5,11,15-16H,6H2,1-3H3. The van der Waals surface area contributed by atoms with Crippen molar-refractivity contribution in [1.29, 1.82) is 0 Å². The molecule has 0 amide bonds. The Kier molecular flexibility index (Phi) is 4.63. The minimum atomic E-state index is -1.70. The summed E-state index contributed by atoms with van der Waals surface area (Å²) in [5.41, 5.74) is 0.340. The highest BCUT2D eigenvalue weighted by Gasteiger charge is 2.24. The van der Waals surface area contributed by atoms with Gasteiger partial charge in [0.2, 0.25) is 0 Å². The lowest BCUT2D eigenvalue weighted by Gasteiger charge is -2.15. The average molecular weight is 257 g/mol. The maximum Gasteiger partial charge on any atom is 0.339 e. The van der Waals surface area contributed by atoms with E-state index in [0.717, 1.165) is 13.2 Å². The van der Waals surface area contributed by atoms with Crippen LogP contribution < -0.4 is 0 Å². The SMILES string of the molecule is COC(=O)C(O)c1cc(CN(C)C)cc(F)c1O. The van der Waals surface area contributed by atoms with Crippen molar-refractivity contribution in [3.63, 3.8) is 0 Å². The Morgan fingerprint density at radius 1 is 1.50 bits per heavy atom. The monoisotopic (exact) mass is 257 g/mol. The molecule has 0 fully saturated rings. The second kappa shape index (κ2) is 5.79. The quantitative estimate of drug-likeness (QED) is 0.781. The molecular formula is C12H16FNO4. The third-order valence-electron chi connectivity index (χ3n) is 2.37. The van der Waals surface area contributed by atoms with Crippen molar-refractivity contribution < 1.29 is 24.1 Å². The number of halogens is 1. The molecule has 18 heavy (non-hydrogen) atoms. The maximum absolute atomic E-state index is 13.5. The van der Waals surface area contributed by atoms with Crippen LogP contribution in [0.4, 0.5) is 4.39 Å². The van der Waals surface area contributed by atoms with Gasteiger partial charge in [-0.3, -0.25) is 0 Å². The summed E-state index contributed by atoms with van der Waals surface area (Å²) in [5.74, 6) is -2.57. The van der Waals surface area contributed by atoms with Crippen molar-refractivity contribution in [3.8, 4) is 5.75 Å². The van der Waals surface area contributed by atoms with Crippen LogP contribution in [-0.2, 0) is 16.1 Å². The van der Waals surface area contributed by atoms with E-state index in [2.05, 4.69) is 4.74 Å². The second-order valence-corrected chi connectivity index (χ2v) is 4.18. The topological polar surface area (TPSA) is 70.0 Å². The number of methoxy groups -OCH3 is 1. The molecule has 1 aromatic carbocycles. The zero-order chi connectivity index (χ0) is 13.9. The number of benzene rings is 1. The highest BCUT2D eigenvalue weighted by molar-refractivity contribution is 5.77. The van der Waals surface area contributed by atoms with Crippen molar-refractivity contribution in [2.24, 2.45) is 0 Å². The fourth-order valence-corrected chi connectivity index (χ4v) is 1.58. The second-order valence-electron chi connectivity index (χ2n) is 4.18. The number of esters is 1. The molecule has 0 spiro atoms. The normalized spacial score (nSPS) is 12.6. The molecule has 0 aliphatic rings. The first-order chi connectivity index (χ1) is 8.36. The summed E-state index contributed by atoms with van der Waals surface area (Å²) in [6, 6.07) is 2.53. The van der Waals surface area contributed by atoms with E-state index in [1.165, 1.54) is 6.07 Å². The van der Waals surface area contributed by atoms with Gasteiger partial charge in [0.25, 0.3) is 0 Å². The zero-order valence-corrected chi connectivity index (χ0v) is 10.5. The number of carbonyl (C=O) groups is 1. The van der Waals surface area contributed by atoms with Crippen LogP contribution in [0.1, 0.15) is 17.2 Å². The van der Waals surface area contributed by atoms with Crippen molar-refractivity contribution >= 4 is 5.97 Å². The summed E-state index contributed by atoms with van der Waals surface area (Å²) < 4.78 is 17.8. The molecule has 0 bridgehead atoms. The molecule has 1 aromatic rings. The van der Waals surface area contributed by atoms with Crippen LogP contribution in [0.25, 0.3) is 0 Å². The number of phenolic OH excluding ortho intramolecular Hbond substituents is 1. The van der Waals surface area contributed by atoms with Crippen LogP contribution in [0.2, 0.25) is 0 Å². The molecule has 2 N–H and O–H groups in total. The minimum Gasteiger partial charge on any atom is -0.505 e. The van der Waals surface area contributed by atoms with Crippen molar-refractivity contribution in [1.82, 2.24) is 4.90 Å². The fourth-order valence-electron chi connectivity index (χ4n) is 1.58. The molecule has 100 valence electrons. The number of aliphatic hydroxyl groups is 1. The first-order valence-corrected chi connectivity index (χ1v) is 5.28. The van der Waals surface area contributed by atoms with Crippen molar-refractivity contribution in [3.05, 3.63) is 29.1 Å². The highest BCUT2D eigenvalue weighted by Crippen LogP contribution is 2.29. The van der Waals surface area contributed by atoms with Gasteiger partial charge in [-0.2, -0.15) is 0 Å². The summed E-state index contributed by atoms with van der Waals surface area (Å²) in [7, 11) is 4.69. The van der Waals surface area contributed by atoms with E-state index in [4.69, 9.17) is 0 Å². The molecule has 1 unspecified atom stereocenters. The number of aliphatic hydroxyl groups excluding tert-OH is 1. The summed E-state index contributed by atoms with van der Waals surface area (Å²) >= 11 is 0. The molecule has 6 heteroatoms. The van der Waals surface area contributed by atoms with Gasteiger partial charge in [0.15, 0.2) is 17.7 Å². The van der Waals surface area contributed by atoms with Gasteiger partial charge in [-0.25, -0.2) is 9.18 Å². The van der Waals surface area contributed by atoms with Crippen molar-refractivity contribution in [2.45, 2.75) is 12.6 Å². The number of phenols is 1. The molecule has 0 aromatic heterocycles. The van der Waals surface area contributed by atoms with Crippen LogP contribution in [0.15, 0.2) is 12.1 Å². The lowest BCUT2D eigenvalue weighted by atomic mass is 10.0. The zero-order valence-electron chi connectivity index (χ0n) is 10.5. The van der Waals surface area contributed by atoms with Crippen molar-refractivity contribution in [2.75, 3.05) is 21.2 Å². The van der Waals surface area contributed by atoms with E-state index in [0.29, 0.717) is 12.1 Å². The van der Waals surface area contributed by atoms with Gasteiger partial charge in [-0.1, -0.05) is 0 Å². The number of aromatic hydroxyl groups is 1. The van der Waals surface area contributed by atoms with E-state index in [-0.39, 0.29) is 5.56 Å². The van der Waals surface area contributed by atoms with E-state index in [1.807, 2.05) is 0 Å². The predicted molar refractivity (Wildman–Crippen MR) is 62.4 cm³/mol. The summed E-state index contributed by atoms with van der Waals surface area (Å²) in [4.78, 5) is 13.0. The van der Waals surface area contributed by atoms with Crippen LogP contribution in [0.5, 0.6) is 5.75 Å². The van der Waals surface area contributed by atoms with E-state index in [1.54, 1.807) is 19.0 Å². The Morgan fingerprint density at radius 3 is 2.61 bits per heavy atom. The molecule has 0 heterocycles. The van der Waals surface area contributed by atoms with Gasteiger partial charge in [0.05, 0.1) is 7.11 Å².